The molecule has 0 radical (unpaired) electrons. The predicted molar refractivity (Wildman–Crippen MR) is 58.7 cm³/mol. The minimum atomic E-state index is -3.87. The van der Waals surface area contributed by atoms with Crippen molar-refractivity contribution in [2.24, 2.45) is 0 Å². The van der Waals surface area contributed by atoms with Crippen molar-refractivity contribution in [2.75, 3.05) is 12.3 Å². The quantitative estimate of drug-likeness (QED) is 0.660. The maximum atomic E-state index is 11.1. The third-order valence-electron chi connectivity index (χ3n) is 1.74. The third kappa shape index (κ3) is 4.27. The van der Waals surface area contributed by atoms with E-state index in [1.54, 1.807) is 16.8 Å². The highest BCUT2D eigenvalue weighted by molar-refractivity contribution is 7.90. The summed E-state index contributed by atoms with van der Waals surface area (Å²) < 4.78 is 24.3. The van der Waals surface area contributed by atoms with Crippen molar-refractivity contribution in [3.8, 4) is 0 Å². The first-order valence-electron chi connectivity index (χ1n) is 4.30. The maximum Gasteiger partial charge on any atom is 0.320 e. The van der Waals surface area contributed by atoms with Crippen LogP contribution >= 0.6 is 11.3 Å². The van der Waals surface area contributed by atoms with E-state index in [4.69, 9.17) is 5.11 Å². The first-order chi connectivity index (χ1) is 7.41. The SMILES string of the molecule is O=C(O)CS(=O)(=O)NCC(O)c1ccsc1. The first kappa shape index (κ1) is 13.1. The van der Waals surface area contributed by atoms with Gasteiger partial charge in [0.1, 0.15) is 0 Å². The molecule has 1 aromatic rings. The number of aliphatic hydroxyl groups is 1. The summed E-state index contributed by atoms with van der Waals surface area (Å²) in [5.41, 5.74) is 0.600. The molecule has 0 fully saturated rings. The fraction of sp³-hybridized carbons (Fsp3) is 0.375. The Morgan fingerprint density at radius 1 is 1.56 bits per heavy atom. The van der Waals surface area contributed by atoms with Crippen molar-refractivity contribution < 1.29 is 23.4 Å². The molecule has 1 aromatic heterocycles. The molecule has 1 heterocycles. The Bertz CT molecular complexity index is 439. The van der Waals surface area contributed by atoms with Crippen LogP contribution in [-0.2, 0) is 14.8 Å². The van der Waals surface area contributed by atoms with Gasteiger partial charge in [-0.1, -0.05) is 0 Å². The van der Waals surface area contributed by atoms with Crippen molar-refractivity contribution in [3.05, 3.63) is 22.4 Å². The van der Waals surface area contributed by atoms with Crippen LogP contribution in [0.2, 0.25) is 0 Å². The fourth-order valence-corrected chi connectivity index (χ4v) is 2.55. The van der Waals surface area contributed by atoms with Crippen molar-refractivity contribution >= 4 is 27.3 Å². The minimum absolute atomic E-state index is 0.230. The van der Waals surface area contributed by atoms with E-state index in [2.05, 4.69) is 0 Å². The van der Waals surface area contributed by atoms with Gasteiger partial charge in [-0.2, -0.15) is 11.3 Å². The van der Waals surface area contributed by atoms with Gasteiger partial charge in [-0.15, -0.1) is 0 Å². The molecule has 1 atom stereocenters. The number of carbonyl (C=O) groups is 1. The highest BCUT2D eigenvalue weighted by Crippen LogP contribution is 2.15. The number of sulfonamides is 1. The largest absolute Gasteiger partial charge is 0.480 e. The second kappa shape index (κ2) is 5.39. The molecule has 0 bridgehead atoms. The number of aliphatic hydroxyl groups excluding tert-OH is 1. The predicted octanol–water partition coefficient (Wildman–Crippen LogP) is -0.214. The van der Waals surface area contributed by atoms with Crippen LogP contribution in [-0.4, -0.2) is 36.9 Å². The van der Waals surface area contributed by atoms with Crippen LogP contribution in [0.4, 0.5) is 0 Å². The summed E-state index contributed by atoms with van der Waals surface area (Å²) in [5, 5.41) is 21.3. The van der Waals surface area contributed by atoms with Crippen LogP contribution in [0.3, 0.4) is 0 Å². The van der Waals surface area contributed by atoms with Crippen molar-refractivity contribution in [3.63, 3.8) is 0 Å². The molecule has 0 amide bonds. The van der Waals surface area contributed by atoms with E-state index < -0.39 is 27.8 Å². The Hall–Kier alpha value is -0.960. The van der Waals surface area contributed by atoms with E-state index in [-0.39, 0.29) is 6.54 Å². The summed E-state index contributed by atoms with van der Waals surface area (Å²) in [6, 6.07) is 1.67. The number of aliphatic carboxylic acids is 1. The Kier molecular flexibility index (Phi) is 4.42. The van der Waals surface area contributed by atoms with E-state index in [1.807, 2.05) is 4.72 Å². The molecular formula is C8H11NO5S2. The molecule has 0 saturated heterocycles. The number of hydrogen-bond donors (Lipinski definition) is 3. The topological polar surface area (TPSA) is 104 Å². The average molecular weight is 265 g/mol. The summed E-state index contributed by atoms with van der Waals surface area (Å²) in [4.78, 5) is 10.2. The molecule has 8 heteroatoms. The number of hydrogen-bond acceptors (Lipinski definition) is 5. The van der Waals surface area contributed by atoms with Gasteiger partial charge >= 0.3 is 5.97 Å². The lowest BCUT2D eigenvalue weighted by Gasteiger charge is -2.09. The Morgan fingerprint density at radius 3 is 2.75 bits per heavy atom. The Balaban J connectivity index is 2.49. The normalized spacial score (nSPS) is 13.6. The molecule has 0 aromatic carbocycles. The van der Waals surface area contributed by atoms with Gasteiger partial charge in [-0.05, 0) is 22.4 Å². The van der Waals surface area contributed by atoms with Gasteiger partial charge in [0.05, 0.1) is 6.10 Å². The highest BCUT2D eigenvalue weighted by atomic mass is 32.2. The molecule has 0 saturated carbocycles. The fourth-order valence-electron chi connectivity index (χ4n) is 1.00. The van der Waals surface area contributed by atoms with E-state index in [0.717, 1.165) is 0 Å². The van der Waals surface area contributed by atoms with Crippen LogP contribution in [0, 0.1) is 0 Å². The van der Waals surface area contributed by atoms with Crippen molar-refractivity contribution in [1.82, 2.24) is 4.72 Å². The average Bonchev–Trinajstić information content (AvgIpc) is 2.64. The van der Waals surface area contributed by atoms with Gasteiger partial charge < -0.3 is 10.2 Å². The van der Waals surface area contributed by atoms with Crippen LogP contribution in [0.1, 0.15) is 11.7 Å². The maximum absolute atomic E-state index is 11.1. The highest BCUT2D eigenvalue weighted by Gasteiger charge is 2.17. The zero-order chi connectivity index (χ0) is 12.2. The van der Waals surface area contributed by atoms with E-state index >= 15 is 0 Å². The van der Waals surface area contributed by atoms with Crippen molar-refractivity contribution in [2.45, 2.75) is 6.10 Å². The summed E-state index contributed by atoms with van der Waals surface area (Å²) in [6.07, 6.45) is -0.963. The molecule has 16 heavy (non-hydrogen) atoms. The number of carboxylic acid groups (broad SMARTS) is 1. The summed E-state index contributed by atoms with van der Waals surface area (Å²) in [6.45, 7) is -0.230. The molecule has 90 valence electrons. The van der Waals surface area contributed by atoms with Crippen LogP contribution < -0.4 is 4.72 Å². The lowest BCUT2D eigenvalue weighted by atomic mass is 10.2. The zero-order valence-corrected chi connectivity index (χ0v) is 9.79. The number of nitrogens with one attached hydrogen (secondary N) is 1. The van der Waals surface area contributed by atoms with Gasteiger partial charge in [-0.3, -0.25) is 4.79 Å². The van der Waals surface area contributed by atoms with Gasteiger partial charge in [0.2, 0.25) is 10.0 Å². The lowest BCUT2D eigenvalue weighted by Crippen LogP contribution is -2.33. The number of thiophene rings is 1. The van der Waals surface area contributed by atoms with E-state index in [9.17, 15) is 18.3 Å². The van der Waals surface area contributed by atoms with Gasteiger partial charge in [0.25, 0.3) is 0 Å². The van der Waals surface area contributed by atoms with E-state index in [0.29, 0.717) is 5.56 Å². The minimum Gasteiger partial charge on any atom is -0.480 e. The molecular weight excluding hydrogens is 254 g/mol. The van der Waals surface area contributed by atoms with Gasteiger partial charge in [0, 0.05) is 6.54 Å². The number of carboxylic acids is 1. The summed E-state index contributed by atoms with van der Waals surface area (Å²) in [7, 11) is -3.87. The second-order valence-electron chi connectivity index (χ2n) is 3.07. The molecule has 0 aliphatic carbocycles. The van der Waals surface area contributed by atoms with Gasteiger partial charge in [-0.25, -0.2) is 13.1 Å². The molecule has 6 nitrogen and oxygen atoms in total. The molecule has 0 aliphatic heterocycles. The monoisotopic (exact) mass is 265 g/mol. The number of rotatable bonds is 6. The molecule has 1 unspecified atom stereocenters. The summed E-state index contributed by atoms with van der Waals surface area (Å²) >= 11 is 1.38. The van der Waals surface area contributed by atoms with Crippen molar-refractivity contribution in [1.29, 1.82) is 0 Å². The molecule has 1 rings (SSSR count). The van der Waals surface area contributed by atoms with Crippen LogP contribution in [0.15, 0.2) is 16.8 Å². The third-order valence-corrected chi connectivity index (χ3v) is 3.67. The van der Waals surface area contributed by atoms with Gasteiger partial charge in [0.15, 0.2) is 5.75 Å². The van der Waals surface area contributed by atoms with E-state index in [1.165, 1.54) is 11.3 Å². The summed E-state index contributed by atoms with van der Waals surface area (Å²) in [5.74, 6) is -2.43. The Labute approximate surface area is 96.6 Å². The van der Waals surface area contributed by atoms with Crippen LogP contribution in [0.25, 0.3) is 0 Å². The van der Waals surface area contributed by atoms with Crippen LogP contribution in [0.5, 0.6) is 0 Å². The molecule has 3 N–H and O–H groups in total. The molecule has 0 aliphatic rings. The lowest BCUT2D eigenvalue weighted by molar-refractivity contribution is -0.134. The zero-order valence-electron chi connectivity index (χ0n) is 8.16. The molecule has 0 spiro atoms. The smallest absolute Gasteiger partial charge is 0.320 e. The first-order valence-corrected chi connectivity index (χ1v) is 6.89. The Morgan fingerprint density at radius 2 is 2.25 bits per heavy atom. The standard InChI is InChI=1S/C8H11NO5S2/c10-7(6-1-2-15-4-6)3-9-16(13,14)5-8(11)12/h1-2,4,7,9-10H,3,5H2,(H,11,12). The second-order valence-corrected chi connectivity index (χ2v) is 5.66.